The van der Waals surface area contributed by atoms with Gasteiger partial charge in [-0.3, -0.25) is 4.79 Å². The van der Waals surface area contributed by atoms with Crippen LogP contribution in [0.3, 0.4) is 0 Å². The molecule has 0 spiro atoms. The Morgan fingerprint density at radius 1 is 1.57 bits per heavy atom. The minimum Gasteiger partial charge on any atom is -0.394 e. The molecule has 4 heteroatoms. The number of aliphatic hydroxyl groups excluding tert-OH is 1. The van der Waals surface area contributed by atoms with E-state index in [-0.39, 0.29) is 24.6 Å². The van der Waals surface area contributed by atoms with Crippen molar-refractivity contribution in [3.8, 4) is 0 Å². The van der Waals surface area contributed by atoms with Gasteiger partial charge in [0.05, 0.1) is 18.7 Å². The summed E-state index contributed by atoms with van der Waals surface area (Å²) in [5.74, 6) is 0.125. The van der Waals surface area contributed by atoms with Crippen molar-refractivity contribution in [3.05, 3.63) is 0 Å². The molecule has 1 heterocycles. The Labute approximate surface area is 85.3 Å². The van der Waals surface area contributed by atoms with Crippen LogP contribution in [-0.2, 0) is 4.79 Å². The third-order valence-electron chi connectivity index (χ3n) is 2.57. The smallest absolute Gasteiger partial charge is 0.240 e. The highest BCUT2D eigenvalue weighted by Crippen LogP contribution is 2.14. The number of nitrogens with one attached hydrogen (secondary N) is 1. The van der Waals surface area contributed by atoms with E-state index in [1.54, 1.807) is 4.90 Å². The fourth-order valence-electron chi connectivity index (χ4n) is 1.80. The topological polar surface area (TPSA) is 52.6 Å². The zero-order valence-electron chi connectivity index (χ0n) is 9.16. The van der Waals surface area contributed by atoms with E-state index in [0.29, 0.717) is 6.04 Å². The third-order valence-corrected chi connectivity index (χ3v) is 2.57. The first-order valence-electron chi connectivity index (χ1n) is 5.23. The van der Waals surface area contributed by atoms with E-state index in [1.807, 2.05) is 20.8 Å². The lowest BCUT2D eigenvalue weighted by atomic mass is 10.2. The second-order valence-electron chi connectivity index (χ2n) is 4.23. The predicted molar refractivity (Wildman–Crippen MR) is 54.9 cm³/mol. The maximum atomic E-state index is 11.8. The van der Waals surface area contributed by atoms with Crippen molar-refractivity contribution in [2.75, 3.05) is 13.2 Å². The lowest BCUT2D eigenvalue weighted by Crippen LogP contribution is -2.44. The molecule has 0 saturated carbocycles. The number of nitrogens with zero attached hydrogens (tertiary/aromatic N) is 1. The van der Waals surface area contributed by atoms with Gasteiger partial charge < -0.3 is 15.3 Å². The molecule has 1 fully saturated rings. The summed E-state index contributed by atoms with van der Waals surface area (Å²) in [5, 5.41) is 12.2. The molecule has 1 aliphatic heterocycles. The molecule has 0 aromatic heterocycles. The van der Waals surface area contributed by atoms with E-state index in [0.717, 1.165) is 13.0 Å². The number of carbonyl (C=O) groups is 1. The van der Waals surface area contributed by atoms with Gasteiger partial charge in [-0.2, -0.15) is 0 Å². The van der Waals surface area contributed by atoms with Crippen LogP contribution in [0.25, 0.3) is 0 Å². The van der Waals surface area contributed by atoms with Crippen LogP contribution in [0.15, 0.2) is 0 Å². The van der Waals surface area contributed by atoms with Crippen molar-refractivity contribution in [2.45, 2.75) is 45.3 Å². The Bertz CT molecular complexity index is 206. The largest absolute Gasteiger partial charge is 0.394 e. The monoisotopic (exact) mass is 200 g/mol. The lowest BCUT2D eigenvalue weighted by Gasteiger charge is -2.23. The third kappa shape index (κ3) is 2.45. The van der Waals surface area contributed by atoms with Crippen molar-refractivity contribution in [2.24, 2.45) is 0 Å². The van der Waals surface area contributed by atoms with E-state index in [2.05, 4.69) is 5.32 Å². The maximum Gasteiger partial charge on any atom is 0.240 e. The fraction of sp³-hybridized carbons (Fsp3) is 0.900. The highest BCUT2D eigenvalue weighted by molar-refractivity contribution is 5.84. The minimum atomic E-state index is -0.0542. The molecule has 2 atom stereocenters. The fourth-order valence-corrected chi connectivity index (χ4v) is 1.80. The Morgan fingerprint density at radius 3 is 2.71 bits per heavy atom. The maximum absolute atomic E-state index is 11.8. The molecule has 0 aliphatic carbocycles. The summed E-state index contributed by atoms with van der Waals surface area (Å²) < 4.78 is 0. The van der Waals surface area contributed by atoms with E-state index >= 15 is 0 Å². The van der Waals surface area contributed by atoms with E-state index in [4.69, 9.17) is 5.11 Å². The normalized spacial score (nSPS) is 24.8. The Hall–Kier alpha value is -0.610. The van der Waals surface area contributed by atoms with Gasteiger partial charge in [-0.15, -0.1) is 0 Å². The van der Waals surface area contributed by atoms with Crippen LogP contribution in [0.1, 0.15) is 27.2 Å². The van der Waals surface area contributed by atoms with Crippen molar-refractivity contribution >= 4 is 5.91 Å². The zero-order chi connectivity index (χ0) is 10.7. The van der Waals surface area contributed by atoms with Crippen LogP contribution in [0.5, 0.6) is 0 Å². The molecule has 0 bridgehead atoms. The number of hydrogen-bond acceptors (Lipinski definition) is 3. The molecule has 82 valence electrons. The molecule has 1 saturated heterocycles. The van der Waals surface area contributed by atoms with Gasteiger partial charge in [-0.25, -0.2) is 0 Å². The minimum absolute atomic E-state index is 0.0418. The molecule has 1 rings (SSSR count). The molecule has 14 heavy (non-hydrogen) atoms. The molecular formula is C10H20N2O2. The summed E-state index contributed by atoms with van der Waals surface area (Å²) in [6, 6.07) is 0.221. The van der Waals surface area contributed by atoms with Gasteiger partial charge in [-0.1, -0.05) is 13.8 Å². The zero-order valence-corrected chi connectivity index (χ0v) is 9.16. The van der Waals surface area contributed by atoms with Gasteiger partial charge in [0.1, 0.15) is 0 Å². The standard InChI is InChI=1S/C10H20N2O2/c1-7(2)11-9-4-5-12(10(9)14)8(3)6-13/h7-9,11,13H,4-6H2,1-3H3. The molecular weight excluding hydrogens is 180 g/mol. The van der Waals surface area contributed by atoms with Gasteiger partial charge in [-0.05, 0) is 13.3 Å². The van der Waals surface area contributed by atoms with Gasteiger partial charge in [0.25, 0.3) is 0 Å². The Balaban J connectivity index is 2.51. The van der Waals surface area contributed by atoms with E-state index in [1.165, 1.54) is 0 Å². The van der Waals surface area contributed by atoms with Crippen molar-refractivity contribution < 1.29 is 9.90 Å². The van der Waals surface area contributed by atoms with E-state index in [9.17, 15) is 4.79 Å². The van der Waals surface area contributed by atoms with Gasteiger partial charge >= 0.3 is 0 Å². The van der Waals surface area contributed by atoms with Crippen molar-refractivity contribution in [3.63, 3.8) is 0 Å². The highest BCUT2D eigenvalue weighted by Gasteiger charge is 2.33. The number of likely N-dealkylation sites (tertiary alicyclic amines) is 1. The number of amides is 1. The van der Waals surface area contributed by atoms with Gasteiger partial charge in [0, 0.05) is 12.6 Å². The van der Waals surface area contributed by atoms with Crippen LogP contribution >= 0.6 is 0 Å². The summed E-state index contributed by atoms with van der Waals surface area (Å²) in [7, 11) is 0. The molecule has 4 nitrogen and oxygen atoms in total. The summed E-state index contributed by atoms with van der Waals surface area (Å²) >= 11 is 0. The Morgan fingerprint density at radius 2 is 2.21 bits per heavy atom. The van der Waals surface area contributed by atoms with Crippen LogP contribution in [-0.4, -0.2) is 47.2 Å². The van der Waals surface area contributed by atoms with Crippen LogP contribution in [0.4, 0.5) is 0 Å². The lowest BCUT2D eigenvalue weighted by molar-refractivity contribution is -0.131. The SMILES string of the molecule is CC(C)NC1CCN(C(C)CO)C1=O. The second kappa shape index (κ2) is 4.75. The molecule has 0 radical (unpaired) electrons. The Kier molecular flexibility index (Phi) is 3.89. The summed E-state index contributed by atoms with van der Waals surface area (Å²) in [4.78, 5) is 13.5. The first-order valence-corrected chi connectivity index (χ1v) is 5.23. The van der Waals surface area contributed by atoms with Crippen molar-refractivity contribution in [1.29, 1.82) is 0 Å². The number of rotatable bonds is 4. The average Bonchev–Trinajstić information content (AvgIpc) is 2.46. The molecule has 0 aromatic rings. The summed E-state index contributed by atoms with van der Waals surface area (Å²) in [6.45, 7) is 6.73. The van der Waals surface area contributed by atoms with E-state index < -0.39 is 0 Å². The number of aliphatic hydroxyl groups is 1. The van der Waals surface area contributed by atoms with Crippen LogP contribution < -0.4 is 5.32 Å². The summed E-state index contributed by atoms with van der Waals surface area (Å²) in [6.07, 6.45) is 0.849. The van der Waals surface area contributed by atoms with Gasteiger partial charge in [0.2, 0.25) is 5.91 Å². The summed E-state index contributed by atoms with van der Waals surface area (Å²) in [5.41, 5.74) is 0. The quantitative estimate of drug-likeness (QED) is 0.670. The molecule has 2 unspecified atom stereocenters. The second-order valence-corrected chi connectivity index (χ2v) is 4.23. The van der Waals surface area contributed by atoms with Gasteiger partial charge in [0.15, 0.2) is 0 Å². The molecule has 0 aromatic carbocycles. The highest BCUT2D eigenvalue weighted by atomic mass is 16.3. The molecule has 1 amide bonds. The first-order chi connectivity index (χ1) is 6.56. The molecule has 1 aliphatic rings. The van der Waals surface area contributed by atoms with Crippen LogP contribution in [0.2, 0.25) is 0 Å². The van der Waals surface area contributed by atoms with Crippen molar-refractivity contribution in [1.82, 2.24) is 10.2 Å². The van der Waals surface area contributed by atoms with Crippen LogP contribution in [0, 0.1) is 0 Å². The molecule has 2 N–H and O–H groups in total. The first kappa shape index (κ1) is 11.5. The predicted octanol–water partition coefficient (Wildman–Crippen LogP) is -0.0339. The number of carbonyl (C=O) groups excluding carboxylic acids is 1. The number of hydrogen-bond donors (Lipinski definition) is 2. The average molecular weight is 200 g/mol.